The first-order valence-corrected chi connectivity index (χ1v) is 26.7. The molecule has 6 aliphatic rings. The fraction of sp³-hybridized carbons (Fsp3) is 0.303. The third-order valence-electron chi connectivity index (χ3n) is 17.3. The Morgan fingerprint density at radius 2 is 1.18 bits per heavy atom. The minimum Gasteiger partial charge on any atom is -0.0798 e. The van der Waals surface area contributed by atoms with Crippen LogP contribution in [0.25, 0.3) is 31.9 Å². The Morgan fingerprint density at radius 1 is 0.582 bits per heavy atom. The highest BCUT2D eigenvalue weighted by molar-refractivity contribution is 7.67. The molecule has 3 atom stereocenters. The lowest BCUT2D eigenvalue weighted by atomic mass is 9.41. The summed E-state index contributed by atoms with van der Waals surface area (Å²) in [4.78, 5) is 0. The average Bonchev–Trinajstić information content (AvgIpc) is 3.44. The van der Waals surface area contributed by atoms with Gasteiger partial charge in [-0.2, -0.15) is 0 Å². The van der Waals surface area contributed by atoms with Gasteiger partial charge in [0.25, 0.3) is 0 Å². The van der Waals surface area contributed by atoms with Crippen LogP contribution in [0.1, 0.15) is 118 Å². The number of benzene rings is 6. The molecule has 0 saturated heterocycles. The molecule has 0 N–H and O–H groups in total. The lowest BCUT2D eigenvalue weighted by Crippen LogP contribution is -2.54. The molecule has 0 nitrogen and oxygen atoms in total. The van der Waals surface area contributed by atoms with Gasteiger partial charge in [0.2, 0.25) is 0 Å². The molecule has 4 bridgehead atoms. The first kappa shape index (κ1) is 42.7. The normalized spacial score (nSPS) is 24.3. The largest absolute Gasteiger partial charge is 0.0798 e. The van der Waals surface area contributed by atoms with Crippen LogP contribution in [0, 0.1) is 64.7 Å². The van der Waals surface area contributed by atoms with E-state index in [0.29, 0.717) is 16.7 Å². The molecule has 4 fully saturated rings. The molecule has 0 amide bonds. The Balaban J connectivity index is 0.784. The summed E-state index contributed by atoms with van der Waals surface area (Å²) in [5, 5.41) is 7.39. The number of rotatable bonds is 8. The second-order valence-corrected chi connectivity index (χ2v) is 24.1. The van der Waals surface area contributed by atoms with E-state index in [1.54, 1.807) is 11.1 Å². The third kappa shape index (κ3) is 7.33. The van der Waals surface area contributed by atoms with Crippen molar-refractivity contribution in [3.63, 3.8) is 0 Å². The molecule has 1 heteroatoms. The van der Waals surface area contributed by atoms with Gasteiger partial charge in [-0.1, -0.05) is 183 Å². The van der Waals surface area contributed by atoms with Gasteiger partial charge in [-0.05, 0) is 198 Å². The van der Waals surface area contributed by atoms with E-state index in [0.717, 1.165) is 24.7 Å². The van der Waals surface area contributed by atoms with Gasteiger partial charge in [0, 0.05) is 22.1 Å². The summed E-state index contributed by atoms with van der Waals surface area (Å²) < 4.78 is 0. The van der Waals surface area contributed by atoms with E-state index >= 15 is 0 Å². The lowest BCUT2D eigenvalue weighted by Gasteiger charge is -2.63. The number of aryl methyl sites for hydroxylation is 6. The van der Waals surface area contributed by atoms with Crippen molar-refractivity contribution in [1.29, 1.82) is 0 Å². The molecule has 1 aromatic heterocycles. The van der Waals surface area contributed by atoms with Crippen LogP contribution in [0.3, 0.4) is 0 Å². The fourth-order valence-electron chi connectivity index (χ4n) is 15.2. The molecule has 3 unspecified atom stereocenters. The highest BCUT2D eigenvalue weighted by atomic mass is 31.1. The minimum atomic E-state index is -0.521. The van der Waals surface area contributed by atoms with Crippen molar-refractivity contribution in [3.8, 4) is 5.30 Å². The van der Waals surface area contributed by atoms with Crippen LogP contribution in [-0.2, 0) is 5.41 Å². The molecule has 0 aliphatic heterocycles. The van der Waals surface area contributed by atoms with Crippen LogP contribution in [0.15, 0.2) is 175 Å². The van der Waals surface area contributed by atoms with Crippen molar-refractivity contribution in [2.45, 2.75) is 104 Å². The summed E-state index contributed by atoms with van der Waals surface area (Å²) in [6, 6.07) is 47.4. The first-order chi connectivity index (χ1) is 32.5. The Morgan fingerprint density at radius 3 is 1.78 bits per heavy atom. The number of allylic oxidation sites excluding steroid dienone is 10. The quantitative estimate of drug-likeness (QED) is 0.133. The van der Waals surface area contributed by atoms with Crippen LogP contribution in [0.5, 0.6) is 0 Å². The number of hydrogen-bond acceptors (Lipinski definition) is 0. The second-order valence-electron chi connectivity index (χ2n) is 21.9. The minimum absolute atomic E-state index is 0.173. The molecule has 0 radical (unpaired) electrons. The smallest absolute Gasteiger partial charge is 0.0350 e. The van der Waals surface area contributed by atoms with E-state index in [-0.39, 0.29) is 5.92 Å². The lowest BCUT2D eigenvalue weighted by molar-refractivity contribution is -0.0502. The maximum Gasteiger partial charge on any atom is 0.0350 e. The number of hydrogen-bond donors (Lipinski definition) is 0. The summed E-state index contributed by atoms with van der Waals surface area (Å²) >= 11 is 0. The van der Waals surface area contributed by atoms with Gasteiger partial charge in [-0.15, -0.1) is 0 Å². The van der Waals surface area contributed by atoms with Crippen LogP contribution in [0.2, 0.25) is 0 Å². The van der Waals surface area contributed by atoms with E-state index in [1.807, 2.05) is 0 Å². The molecule has 6 aliphatic carbocycles. The zero-order valence-electron chi connectivity index (χ0n) is 40.5. The molecule has 13 rings (SSSR count). The molecular formula is C66H65P. The van der Waals surface area contributed by atoms with Gasteiger partial charge in [0.05, 0.1) is 0 Å². The summed E-state index contributed by atoms with van der Waals surface area (Å²) in [5.41, 5.74) is 20.5. The standard InChI is InChI=1S/C66H65P/c1-42-31-44(3)62(45(4)32-42)64(63-46(5)33-43(2)34-47(63)6)54-16-12-15-53(36-54)51-14-11-13-50(21-22-51)52-23-25-55(26-24-52)65-37-48-35-49(38-65)40-66(39-48,41-65)56-27-29-57(30-28-56)67-60-19-9-7-17-58(60)59-18-8-10-20-61(59)67/h7-21,23,25-34,36,48-49,52,64H,22,24,35,37-41H2,1-6H3. The SMILES string of the molecule is Cc1cc(C)c(C(c2cccc(C3=CC=CC(C4C=CC(C56CC7CC(C5)CC(c5ccc(-p8c9ccccc9c9ccccc98)cc5)(C7)C6)=CC4)=CC3)c2)c2c(C)cc(C)cc2C)c(C)c1. The van der Waals surface area contributed by atoms with Gasteiger partial charge >= 0.3 is 0 Å². The molecule has 4 saturated carbocycles. The second kappa shape index (κ2) is 16.5. The van der Waals surface area contributed by atoms with E-state index in [1.165, 1.54) is 132 Å². The van der Waals surface area contributed by atoms with Crippen molar-refractivity contribution < 1.29 is 0 Å². The van der Waals surface area contributed by atoms with Gasteiger partial charge < -0.3 is 0 Å². The van der Waals surface area contributed by atoms with Gasteiger partial charge in [-0.25, -0.2) is 0 Å². The Labute approximate surface area is 401 Å². The van der Waals surface area contributed by atoms with Crippen molar-refractivity contribution in [1.82, 2.24) is 0 Å². The molecular weight excluding hydrogens is 824 g/mol. The van der Waals surface area contributed by atoms with Crippen LogP contribution >= 0.6 is 7.53 Å². The maximum absolute atomic E-state index is 2.69. The highest BCUT2D eigenvalue weighted by Crippen LogP contribution is 2.68. The predicted octanol–water partition coefficient (Wildman–Crippen LogP) is 18.3. The summed E-state index contributed by atoms with van der Waals surface area (Å²) in [6.45, 7) is 13.7. The fourth-order valence-corrected chi connectivity index (χ4v) is 17.8. The topological polar surface area (TPSA) is 0 Å². The van der Waals surface area contributed by atoms with Crippen molar-refractivity contribution >= 4 is 34.1 Å². The van der Waals surface area contributed by atoms with Crippen LogP contribution in [0.4, 0.5) is 0 Å². The Hall–Kier alpha value is -5.68. The van der Waals surface area contributed by atoms with Crippen LogP contribution in [-0.4, -0.2) is 0 Å². The van der Waals surface area contributed by atoms with E-state index < -0.39 is 7.53 Å². The van der Waals surface area contributed by atoms with Crippen LogP contribution < -0.4 is 0 Å². The van der Waals surface area contributed by atoms with Crippen molar-refractivity contribution in [3.05, 3.63) is 236 Å². The molecule has 1 heterocycles. The highest BCUT2D eigenvalue weighted by Gasteiger charge is 2.59. The Bertz CT molecular complexity index is 3110. The maximum atomic E-state index is 2.69. The summed E-state index contributed by atoms with van der Waals surface area (Å²) in [6.07, 6.45) is 27.8. The molecule has 0 spiro atoms. The van der Waals surface area contributed by atoms with E-state index in [9.17, 15) is 0 Å². The van der Waals surface area contributed by atoms with Gasteiger partial charge in [0.15, 0.2) is 0 Å². The number of fused-ring (bicyclic) bond motifs is 3. The van der Waals surface area contributed by atoms with Gasteiger partial charge in [-0.3, -0.25) is 0 Å². The van der Waals surface area contributed by atoms with Gasteiger partial charge in [0.1, 0.15) is 0 Å². The average molecular weight is 889 g/mol. The zero-order valence-corrected chi connectivity index (χ0v) is 41.4. The molecule has 7 aromatic rings. The Kier molecular flexibility index (Phi) is 10.5. The predicted molar refractivity (Wildman–Crippen MR) is 288 cm³/mol. The zero-order chi connectivity index (χ0) is 45.6. The third-order valence-corrected chi connectivity index (χ3v) is 19.9. The molecule has 334 valence electrons. The monoisotopic (exact) mass is 888 g/mol. The first-order valence-electron chi connectivity index (χ1n) is 25.4. The summed E-state index contributed by atoms with van der Waals surface area (Å²) in [7, 11) is -0.521. The molecule has 67 heavy (non-hydrogen) atoms. The van der Waals surface area contributed by atoms with E-state index in [4.69, 9.17) is 0 Å². The summed E-state index contributed by atoms with van der Waals surface area (Å²) in [5.74, 6) is 2.27. The van der Waals surface area contributed by atoms with E-state index in [2.05, 4.69) is 205 Å². The molecule has 6 aromatic carbocycles. The van der Waals surface area contributed by atoms with Crippen molar-refractivity contribution in [2.24, 2.45) is 23.2 Å². The van der Waals surface area contributed by atoms with Crippen molar-refractivity contribution in [2.75, 3.05) is 0 Å².